The summed E-state index contributed by atoms with van der Waals surface area (Å²) in [4.78, 5) is 0. The number of hydrogen-bond donors (Lipinski definition) is 2. The molecule has 3 heteroatoms. The third kappa shape index (κ3) is 3.64. The van der Waals surface area contributed by atoms with Gasteiger partial charge in [-0.05, 0) is 44.2 Å². The monoisotopic (exact) mass is 262 g/mol. The Kier molecular flexibility index (Phi) is 5.11. The Balaban J connectivity index is 2.27. The number of hydrazine groups is 1. The fourth-order valence-corrected chi connectivity index (χ4v) is 2.74. The summed E-state index contributed by atoms with van der Waals surface area (Å²) in [6.45, 7) is 1.90. The third-order valence-electron chi connectivity index (χ3n) is 3.83. The molecule has 0 heterocycles. The molecule has 1 atom stereocenters. The van der Waals surface area contributed by atoms with Gasteiger partial charge < -0.3 is 0 Å². The van der Waals surface area contributed by atoms with Gasteiger partial charge in [0.2, 0.25) is 0 Å². The highest BCUT2D eigenvalue weighted by atomic mass is 19.1. The van der Waals surface area contributed by atoms with Crippen LogP contribution in [-0.4, -0.2) is 0 Å². The van der Waals surface area contributed by atoms with Gasteiger partial charge in [0.25, 0.3) is 0 Å². The normalized spacial score (nSPS) is 21.1. The van der Waals surface area contributed by atoms with Gasteiger partial charge in [-0.25, -0.2) is 9.82 Å². The van der Waals surface area contributed by atoms with Crippen LogP contribution in [0.1, 0.15) is 55.7 Å². The molecule has 19 heavy (non-hydrogen) atoms. The van der Waals surface area contributed by atoms with Gasteiger partial charge in [0.05, 0.1) is 6.04 Å². The van der Waals surface area contributed by atoms with Gasteiger partial charge in [-0.2, -0.15) is 0 Å². The highest BCUT2D eigenvalue weighted by Gasteiger charge is 2.19. The lowest BCUT2D eigenvalue weighted by atomic mass is 9.90. The largest absolute Gasteiger partial charge is 0.271 e. The van der Waals surface area contributed by atoms with Gasteiger partial charge >= 0.3 is 0 Å². The van der Waals surface area contributed by atoms with Gasteiger partial charge in [-0.1, -0.05) is 36.6 Å². The molecule has 0 spiro atoms. The molecule has 0 radical (unpaired) electrons. The lowest BCUT2D eigenvalue weighted by Crippen LogP contribution is -2.30. The van der Waals surface area contributed by atoms with E-state index in [0.29, 0.717) is 5.56 Å². The number of allylic oxidation sites excluding steroid dienone is 1. The second-order valence-corrected chi connectivity index (χ2v) is 5.36. The van der Waals surface area contributed by atoms with Crippen LogP contribution in [0.5, 0.6) is 0 Å². The van der Waals surface area contributed by atoms with Gasteiger partial charge in [0.15, 0.2) is 0 Å². The predicted octanol–water partition coefficient (Wildman–Crippen LogP) is 3.92. The summed E-state index contributed by atoms with van der Waals surface area (Å²) in [7, 11) is 0. The first-order chi connectivity index (χ1) is 9.22. The minimum atomic E-state index is -0.196. The molecule has 1 unspecified atom stereocenters. The Morgan fingerprint density at radius 2 is 2.00 bits per heavy atom. The average Bonchev–Trinajstić information content (AvgIpc) is 2.34. The molecule has 2 nitrogen and oxygen atoms in total. The molecule has 1 aromatic rings. The van der Waals surface area contributed by atoms with Crippen molar-refractivity contribution < 1.29 is 4.39 Å². The molecular weight excluding hydrogens is 239 g/mol. The van der Waals surface area contributed by atoms with Gasteiger partial charge in [-0.15, -0.1) is 0 Å². The Hall–Kier alpha value is -1.19. The lowest BCUT2D eigenvalue weighted by Gasteiger charge is -2.22. The number of aryl methyl sites for hydroxylation is 1. The van der Waals surface area contributed by atoms with Crippen LogP contribution in [0, 0.1) is 12.7 Å². The summed E-state index contributed by atoms with van der Waals surface area (Å²) in [5.41, 5.74) is 5.60. The highest BCUT2D eigenvalue weighted by molar-refractivity contribution is 5.32. The number of hydrogen-bond acceptors (Lipinski definition) is 2. The lowest BCUT2D eigenvalue weighted by molar-refractivity contribution is 0.525. The molecule has 0 amide bonds. The fourth-order valence-electron chi connectivity index (χ4n) is 2.74. The van der Waals surface area contributed by atoms with E-state index in [1.807, 2.05) is 19.1 Å². The summed E-state index contributed by atoms with van der Waals surface area (Å²) >= 11 is 0. The third-order valence-corrected chi connectivity index (χ3v) is 3.83. The molecule has 3 N–H and O–H groups in total. The minimum Gasteiger partial charge on any atom is -0.271 e. The number of halogens is 1. The van der Waals surface area contributed by atoms with E-state index >= 15 is 0 Å². The Morgan fingerprint density at radius 3 is 2.74 bits per heavy atom. The van der Waals surface area contributed by atoms with Crippen molar-refractivity contribution in [1.82, 2.24) is 5.43 Å². The zero-order valence-electron chi connectivity index (χ0n) is 11.6. The van der Waals surface area contributed by atoms with E-state index in [9.17, 15) is 4.39 Å². The van der Waals surface area contributed by atoms with E-state index in [2.05, 4.69) is 11.5 Å². The Labute approximate surface area is 114 Å². The quantitative estimate of drug-likeness (QED) is 0.492. The SMILES string of the molecule is Cc1ccc(C(NN)/C2=C/CCCCCC2)c(F)c1. The number of benzene rings is 1. The predicted molar refractivity (Wildman–Crippen MR) is 77.0 cm³/mol. The van der Waals surface area contributed by atoms with Crippen LogP contribution in [0.15, 0.2) is 29.8 Å². The van der Waals surface area contributed by atoms with Crippen molar-refractivity contribution in [2.45, 2.75) is 51.5 Å². The standard InChI is InChI=1S/C16H23FN2/c1-12-9-10-14(15(17)11-12)16(19-18)13-7-5-3-2-4-6-8-13/h7,9-11,16,19H,2-6,8,18H2,1H3/b13-7+. The van der Waals surface area contributed by atoms with Crippen molar-refractivity contribution in [2.75, 3.05) is 0 Å². The molecular formula is C16H23FN2. The van der Waals surface area contributed by atoms with Gasteiger partial charge in [0, 0.05) is 5.56 Å². The van der Waals surface area contributed by atoms with Gasteiger partial charge in [-0.3, -0.25) is 5.84 Å². The Bertz CT molecular complexity index is 454. The molecule has 1 aliphatic carbocycles. The first-order valence-corrected chi connectivity index (χ1v) is 7.13. The van der Waals surface area contributed by atoms with Crippen molar-refractivity contribution in [3.05, 3.63) is 46.8 Å². The molecule has 1 aliphatic rings. The summed E-state index contributed by atoms with van der Waals surface area (Å²) in [5, 5.41) is 0. The van der Waals surface area contributed by atoms with E-state index in [4.69, 9.17) is 5.84 Å². The average molecular weight is 262 g/mol. The molecule has 0 saturated carbocycles. The molecule has 0 bridgehead atoms. The summed E-state index contributed by atoms with van der Waals surface area (Å²) in [6, 6.07) is 5.16. The molecule has 104 valence electrons. The van der Waals surface area contributed by atoms with Crippen molar-refractivity contribution in [2.24, 2.45) is 5.84 Å². The second kappa shape index (κ2) is 6.83. The maximum atomic E-state index is 14.1. The van der Waals surface area contributed by atoms with Crippen molar-refractivity contribution in [3.63, 3.8) is 0 Å². The van der Waals surface area contributed by atoms with Crippen molar-refractivity contribution in [3.8, 4) is 0 Å². The molecule has 0 saturated heterocycles. The molecule has 0 fully saturated rings. The smallest absolute Gasteiger partial charge is 0.128 e. The van der Waals surface area contributed by atoms with Crippen LogP contribution < -0.4 is 11.3 Å². The highest BCUT2D eigenvalue weighted by Crippen LogP contribution is 2.30. The summed E-state index contributed by atoms with van der Waals surface area (Å²) in [6.07, 6.45) is 9.25. The summed E-state index contributed by atoms with van der Waals surface area (Å²) in [5.74, 6) is 5.50. The van der Waals surface area contributed by atoms with E-state index in [0.717, 1.165) is 24.8 Å². The van der Waals surface area contributed by atoms with Crippen molar-refractivity contribution >= 4 is 0 Å². The van der Waals surface area contributed by atoms with Crippen LogP contribution in [-0.2, 0) is 0 Å². The van der Waals surface area contributed by atoms with Crippen LogP contribution in [0.2, 0.25) is 0 Å². The number of nitrogens with one attached hydrogen (secondary N) is 1. The van der Waals surface area contributed by atoms with E-state index in [1.165, 1.54) is 24.8 Å². The maximum absolute atomic E-state index is 14.1. The number of rotatable bonds is 3. The topological polar surface area (TPSA) is 38.0 Å². The molecule has 1 aromatic carbocycles. The zero-order valence-corrected chi connectivity index (χ0v) is 11.6. The first kappa shape index (κ1) is 14.2. The van der Waals surface area contributed by atoms with Crippen LogP contribution in [0.4, 0.5) is 4.39 Å². The Morgan fingerprint density at radius 1 is 1.21 bits per heavy atom. The van der Waals surface area contributed by atoms with E-state index in [-0.39, 0.29) is 11.9 Å². The molecule has 2 rings (SSSR count). The minimum absolute atomic E-state index is 0.175. The van der Waals surface area contributed by atoms with E-state index in [1.54, 1.807) is 6.07 Å². The second-order valence-electron chi connectivity index (χ2n) is 5.36. The maximum Gasteiger partial charge on any atom is 0.128 e. The molecule has 0 aromatic heterocycles. The van der Waals surface area contributed by atoms with Crippen LogP contribution >= 0.6 is 0 Å². The number of nitrogens with two attached hydrogens (primary N) is 1. The van der Waals surface area contributed by atoms with Crippen molar-refractivity contribution in [1.29, 1.82) is 0 Å². The van der Waals surface area contributed by atoms with Crippen LogP contribution in [0.25, 0.3) is 0 Å². The molecule has 0 aliphatic heterocycles. The first-order valence-electron chi connectivity index (χ1n) is 7.13. The zero-order chi connectivity index (χ0) is 13.7. The van der Waals surface area contributed by atoms with Gasteiger partial charge in [0.1, 0.15) is 5.82 Å². The van der Waals surface area contributed by atoms with E-state index < -0.39 is 0 Å². The fraction of sp³-hybridized carbons (Fsp3) is 0.500. The van der Waals surface area contributed by atoms with Crippen LogP contribution in [0.3, 0.4) is 0 Å². The summed E-state index contributed by atoms with van der Waals surface area (Å²) < 4.78 is 14.1.